The van der Waals surface area contributed by atoms with Crippen molar-refractivity contribution in [2.45, 2.75) is 25.3 Å². The molecule has 1 amide bonds. The third kappa shape index (κ3) is 4.73. The number of rotatable bonds is 4. The zero-order chi connectivity index (χ0) is 17.7. The minimum absolute atomic E-state index is 0.109. The first-order valence-corrected chi connectivity index (χ1v) is 9.14. The number of pyridine rings is 1. The summed E-state index contributed by atoms with van der Waals surface area (Å²) in [6, 6.07) is 10.1. The number of nitrogens with zero attached hydrogens (tertiary/aromatic N) is 2. The third-order valence-corrected chi connectivity index (χ3v) is 4.68. The largest absolute Gasteiger partial charge is 0.426 e. The highest BCUT2D eigenvalue weighted by Gasteiger charge is 2.14. The lowest BCUT2D eigenvalue weighted by Gasteiger charge is -2.09. The Morgan fingerprint density at radius 1 is 1.25 bits per heavy atom. The molecule has 0 radical (unpaired) electrons. The molecule has 0 saturated carbocycles. The second-order valence-electron chi connectivity index (χ2n) is 5.34. The quantitative estimate of drug-likeness (QED) is 0.627. The summed E-state index contributed by atoms with van der Waals surface area (Å²) in [6.07, 6.45) is 2.76. The number of esters is 1. The maximum atomic E-state index is 12.6. The molecule has 2 aromatic rings. The summed E-state index contributed by atoms with van der Waals surface area (Å²) in [5.74, 6) is -0.735. The van der Waals surface area contributed by atoms with Gasteiger partial charge in [0, 0.05) is 24.9 Å². The average Bonchev–Trinajstić information content (AvgIpc) is 2.50. The van der Waals surface area contributed by atoms with E-state index in [2.05, 4.69) is 9.35 Å². The van der Waals surface area contributed by atoms with Crippen LogP contribution in [0.1, 0.15) is 18.1 Å². The maximum Gasteiger partial charge on any atom is 0.308 e. The highest BCUT2D eigenvalue weighted by atomic mass is 32.2. The van der Waals surface area contributed by atoms with Crippen molar-refractivity contribution in [1.82, 2.24) is 4.98 Å². The standard InChI is InChI=1S/C17H18N2O4S/c1-12-7-8-15(23-13(2)20)14(10-12)11-16(21)19-24(3,22)17-6-4-5-9-18-17/h4-10H,11H2,1-3H3. The van der Waals surface area contributed by atoms with E-state index in [4.69, 9.17) is 4.74 Å². The SMILES string of the molecule is CC(=O)Oc1ccc(C)cc1CC(=O)N=S(C)(=O)c1ccccn1. The highest BCUT2D eigenvalue weighted by Crippen LogP contribution is 2.22. The fourth-order valence-corrected chi connectivity index (χ4v) is 3.24. The highest BCUT2D eigenvalue weighted by molar-refractivity contribution is 7.93. The number of aromatic nitrogens is 1. The van der Waals surface area contributed by atoms with Gasteiger partial charge in [0.15, 0.2) is 0 Å². The van der Waals surface area contributed by atoms with Gasteiger partial charge in [0.2, 0.25) is 0 Å². The van der Waals surface area contributed by atoms with E-state index in [1.54, 1.807) is 36.4 Å². The molecule has 0 aliphatic carbocycles. The summed E-state index contributed by atoms with van der Waals surface area (Å²) in [5, 5.41) is 0.253. The van der Waals surface area contributed by atoms with Crippen LogP contribution in [0.4, 0.5) is 0 Å². The van der Waals surface area contributed by atoms with Crippen molar-refractivity contribution in [1.29, 1.82) is 0 Å². The van der Waals surface area contributed by atoms with Gasteiger partial charge in [0.25, 0.3) is 5.91 Å². The lowest BCUT2D eigenvalue weighted by atomic mass is 10.1. The van der Waals surface area contributed by atoms with Gasteiger partial charge < -0.3 is 4.74 Å². The summed E-state index contributed by atoms with van der Waals surface area (Å²) in [4.78, 5) is 27.4. The van der Waals surface area contributed by atoms with Gasteiger partial charge in [-0.25, -0.2) is 9.19 Å². The lowest BCUT2D eigenvalue weighted by Crippen LogP contribution is -2.09. The van der Waals surface area contributed by atoms with E-state index in [0.29, 0.717) is 11.3 Å². The molecule has 0 spiro atoms. The summed E-state index contributed by atoms with van der Waals surface area (Å²) in [5.41, 5.74) is 1.44. The first-order chi connectivity index (χ1) is 11.3. The van der Waals surface area contributed by atoms with E-state index in [-0.39, 0.29) is 11.4 Å². The molecule has 6 nitrogen and oxygen atoms in total. The topological polar surface area (TPSA) is 85.7 Å². The molecule has 1 aromatic heterocycles. The Bertz CT molecular complexity index is 885. The van der Waals surface area contributed by atoms with Crippen molar-refractivity contribution >= 4 is 21.6 Å². The molecule has 1 atom stereocenters. The molecule has 1 aromatic carbocycles. The summed E-state index contributed by atoms with van der Waals surface area (Å²) >= 11 is 0. The molecule has 0 saturated heterocycles. The van der Waals surface area contributed by atoms with Crippen molar-refractivity contribution in [2.75, 3.05) is 6.26 Å². The number of carbonyl (C=O) groups is 2. The molecule has 1 unspecified atom stereocenters. The van der Waals surface area contributed by atoms with E-state index in [0.717, 1.165) is 5.56 Å². The number of amides is 1. The smallest absolute Gasteiger partial charge is 0.308 e. The van der Waals surface area contributed by atoms with Crippen LogP contribution in [-0.2, 0) is 25.7 Å². The first-order valence-electron chi connectivity index (χ1n) is 7.22. The van der Waals surface area contributed by atoms with Crippen LogP contribution in [0.25, 0.3) is 0 Å². The van der Waals surface area contributed by atoms with Crippen molar-refractivity contribution in [3.8, 4) is 5.75 Å². The molecule has 126 valence electrons. The summed E-state index contributed by atoms with van der Waals surface area (Å²) in [7, 11) is -2.92. The van der Waals surface area contributed by atoms with E-state index in [9.17, 15) is 13.8 Å². The molecule has 0 fully saturated rings. The van der Waals surface area contributed by atoms with E-state index >= 15 is 0 Å². The van der Waals surface area contributed by atoms with Crippen LogP contribution >= 0.6 is 0 Å². The van der Waals surface area contributed by atoms with E-state index in [1.807, 2.05) is 6.92 Å². The van der Waals surface area contributed by atoms with Crippen LogP contribution in [0.5, 0.6) is 5.75 Å². The van der Waals surface area contributed by atoms with Gasteiger partial charge in [-0.1, -0.05) is 23.8 Å². The second-order valence-corrected chi connectivity index (χ2v) is 7.54. The molecular formula is C17H18N2O4S. The number of hydrogen-bond acceptors (Lipinski definition) is 5. The normalized spacial score (nSPS) is 13.0. The minimum atomic E-state index is -2.92. The van der Waals surface area contributed by atoms with E-state index in [1.165, 1.54) is 19.4 Å². The molecule has 0 N–H and O–H groups in total. The van der Waals surface area contributed by atoms with Gasteiger partial charge in [0.1, 0.15) is 10.8 Å². The third-order valence-electron chi connectivity index (χ3n) is 3.11. The molecule has 0 aliphatic rings. The van der Waals surface area contributed by atoms with Crippen LogP contribution in [0.15, 0.2) is 52.0 Å². The van der Waals surface area contributed by atoms with Crippen molar-refractivity contribution in [3.63, 3.8) is 0 Å². The first kappa shape index (κ1) is 17.8. The zero-order valence-corrected chi connectivity index (χ0v) is 14.5. The van der Waals surface area contributed by atoms with Crippen LogP contribution < -0.4 is 4.74 Å². The van der Waals surface area contributed by atoms with E-state index < -0.39 is 21.6 Å². The van der Waals surface area contributed by atoms with Crippen molar-refractivity contribution in [3.05, 3.63) is 53.7 Å². The number of carbonyl (C=O) groups excluding carboxylic acids is 2. The monoisotopic (exact) mass is 346 g/mol. The van der Waals surface area contributed by atoms with Crippen molar-refractivity contribution in [2.24, 2.45) is 4.36 Å². The van der Waals surface area contributed by atoms with Gasteiger partial charge in [-0.3, -0.25) is 9.59 Å². The Balaban J connectivity index is 2.30. The Kier molecular flexibility index (Phi) is 5.46. The molecule has 0 bridgehead atoms. The molecule has 24 heavy (non-hydrogen) atoms. The number of hydrogen-bond donors (Lipinski definition) is 0. The predicted molar refractivity (Wildman–Crippen MR) is 90.2 cm³/mol. The lowest BCUT2D eigenvalue weighted by molar-refractivity contribution is -0.132. The van der Waals surface area contributed by atoms with Gasteiger partial charge >= 0.3 is 5.97 Å². The Hall–Kier alpha value is -2.54. The number of aryl methyl sites for hydroxylation is 1. The molecular weight excluding hydrogens is 328 g/mol. The van der Waals surface area contributed by atoms with Crippen molar-refractivity contribution < 1.29 is 18.5 Å². The number of benzene rings is 1. The van der Waals surface area contributed by atoms with Crippen LogP contribution in [-0.4, -0.2) is 27.3 Å². The van der Waals surface area contributed by atoms with Gasteiger partial charge in [-0.2, -0.15) is 4.36 Å². The zero-order valence-electron chi connectivity index (χ0n) is 13.7. The second kappa shape index (κ2) is 7.35. The fraction of sp³-hybridized carbons (Fsp3) is 0.235. The Morgan fingerprint density at radius 2 is 2.00 bits per heavy atom. The molecule has 1 heterocycles. The van der Waals surface area contributed by atoms with Gasteiger partial charge in [-0.05, 0) is 25.1 Å². The average molecular weight is 346 g/mol. The predicted octanol–water partition coefficient (Wildman–Crippen LogP) is 2.54. The number of ether oxygens (including phenoxy) is 1. The van der Waals surface area contributed by atoms with Crippen LogP contribution in [0, 0.1) is 6.92 Å². The maximum absolute atomic E-state index is 12.6. The van der Waals surface area contributed by atoms with Gasteiger partial charge in [-0.15, -0.1) is 0 Å². The molecule has 2 rings (SSSR count). The Morgan fingerprint density at radius 3 is 2.62 bits per heavy atom. The minimum Gasteiger partial charge on any atom is -0.426 e. The summed E-state index contributed by atoms with van der Waals surface area (Å²) < 4.78 is 21.5. The van der Waals surface area contributed by atoms with Crippen LogP contribution in [0.3, 0.4) is 0 Å². The summed E-state index contributed by atoms with van der Waals surface area (Å²) in [6.45, 7) is 3.15. The van der Waals surface area contributed by atoms with Gasteiger partial charge in [0.05, 0.1) is 16.1 Å². The fourth-order valence-electron chi connectivity index (χ4n) is 2.11. The Labute approximate surface area is 141 Å². The molecule has 7 heteroatoms. The molecule has 0 aliphatic heterocycles. The van der Waals surface area contributed by atoms with Crippen LogP contribution in [0.2, 0.25) is 0 Å².